The Morgan fingerprint density at radius 1 is 1.42 bits per heavy atom. The lowest BCUT2D eigenvalue weighted by atomic mass is 10.0. The number of likely N-dealkylation sites (tertiary alicyclic amines) is 1. The van der Waals surface area contributed by atoms with E-state index >= 15 is 0 Å². The monoisotopic (exact) mass is 265 g/mol. The summed E-state index contributed by atoms with van der Waals surface area (Å²) in [6.45, 7) is 2.78. The quantitative estimate of drug-likeness (QED) is 0.830. The fraction of sp³-hybridized carbons (Fsp3) is 0.500. The number of primary amides is 1. The van der Waals surface area contributed by atoms with Crippen LogP contribution in [0, 0.1) is 5.82 Å². The summed E-state index contributed by atoms with van der Waals surface area (Å²) in [4.78, 5) is 12.9. The molecule has 2 rings (SSSR count). The number of halogens is 1. The van der Waals surface area contributed by atoms with E-state index in [0.717, 1.165) is 31.5 Å². The Morgan fingerprint density at radius 3 is 2.79 bits per heavy atom. The second-order valence-electron chi connectivity index (χ2n) is 5.03. The summed E-state index contributed by atoms with van der Waals surface area (Å²) < 4.78 is 13.0. The molecule has 1 fully saturated rings. The second kappa shape index (κ2) is 6.63. The zero-order valence-electron chi connectivity index (χ0n) is 10.9. The lowest BCUT2D eigenvalue weighted by Crippen LogP contribution is -2.45. The number of rotatable bonds is 5. The highest BCUT2D eigenvalue weighted by atomic mass is 19.1. The Balaban J connectivity index is 1.72. The minimum atomic E-state index is -0.272. The molecule has 1 aliphatic rings. The molecule has 1 aliphatic heterocycles. The Bertz CT molecular complexity index is 430. The van der Waals surface area contributed by atoms with Crippen LogP contribution in [-0.4, -0.2) is 36.5 Å². The molecule has 5 heteroatoms. The van der Waals surface area contributed by atoms with E-state index in [1.54, 1.807) is 12.1 Å². The van der Waals surface area contributed by atoms with E-state index in [1.807, 2.05) is 6.07 Å². The molecule has 4 nitrogen and oxygen atoms in total. The Hall–Kier alpha value is -1.46. The van der Waals surface area contributed by atoms with Gasteiger partial charge >= 0.3 is 0 Å². The lowest BCUT2D eigenvalue weighted by Gasteiger charge is -2.31. The number of hydrogen-bond acceptors (Lipinski definition) is 3. The maximum atomic E-state index is 13.0. The molecular formula is C14H20FN3O. The summed E-state index contributed by atoms with van der Waals surface area (Å²) in [5, 5.41) is 3.43. The minimum absolute atomic E-state index is 0.199. The summed E-state index contributed by atoms with van der Waals surface area (Å²) in [7, 11) is 0. The van der Waals surface area contributed by atoms with Crippen molar-refractivity contribution < 1.29 is 9.18 Å². The maximum absolute atomic E-state index is 13.0. The Morgan fingerprint density at radius 2 is 2.16 bits per heavy atom. The van der Waals surface area contributed by atoms with E-state index in [4.69, 9.17) is 5.73 Å². The molecule has 3 N–H and O–H groups in total. The van der Waals surface area contributed by atoms with E-state index in [0.29, 0.717) is 19.1 Å². The van der Waals surface area contributed by atoms with Gasteiger partial charge in [-0.2, -0.15) is 0 Å². The van der Waals surface area contributed by atoms with Gasteiger partial charge in [-0.05, 0) is 30.5 Å². The third-order valence-corrected chi connectivity index (χ3v) is 3.45. The zero-order valence-corrected chi connectivity index (χ0v) is 10.9. The van der Waals surface area contributed by atoms with E-state index in [1.165, 1.54) is 6.07 Å². The SMILES string of the molecule is NC(=O)CN1CCC(NCc2cccc(F)c2)CC1. The molecule has 104 valence electrons. The number of nitrogens with two attached hydrogens (primary N) is 1. The number of carbonyl (C=O) groups excluding carboxylic acids is 1. The Kier molecular flexibility index (Phi) is 4.87. The van der Waals surface area contributed by atoms with E-state index in [2.05, 4.69) is 10.2 Å². The molecule has 1 aromatic rings. The second-order valence-corrected chi connectivity index (χ2v) is 5.03. The van der Waals surface area contributed by atoms with Crippen molar-refractivity contribution in [1.29, 1.82) is 0 Å². The highest BCUT2D eigenvalue weighted by Crippen LogP contribution is 2.11. The van der Waals surface area contributed by atoms with Gasteiger partial charge < -0.3 is 11.1 Å². The van der Waals surface area contributed by atoms with Gasteiger partial charge in [0.05, 0.1) is 6.54 Å². The fourth-order valence-corrected chi connectivity index (χ4v) is 2.42. The standard InChI is InChI=1S/C14H20FN3O/c15-12-3-1-2-11(8-12)9-17-13-4-6-18(7-5-13)10-14(16)19/h1-3,8,13,17H,4-7,9-10H2,(H2,16,19). The molecule has 19 heavy (non-hydrogen) atoms. The van der Waals surface area contributed by atoms with Crippen molar-refractivity contribution >= 4 is 5.91 Å². The van der Waals surface area contributed by atoms with Crippen LogP contribution in [0.3, 0.4) is 0 Å². The van der Waals surface area contributed by atoms with Crippen LogP contribution in [0.1, 0.15) is 18.4 Å². The maximum Gasteiger partial charge on any atom is 0.231 e. The van der Waals surface area contributed by atoms with E-state index in [9.17, 15) is 9.18 Å². The summed E-state index contributed by atoms with van der Waals surface area (Å²) in [6.07, 6.45) is 1.98. The van der Waals surface area contributed by atoms with Crippen LogP contribution >= 0.6 is 0 Å². The van der Waals surface area contributed by atoms with Gasteiger partial charge in [-0.15, -0.1) is 0 Å². The number of benzene rings is 1. The molecule has 1 aromatic carbocycles. The van der Waals surface area contributed by atoms with Crippen LogP contribution in [0.4, 0.5) is 4.39 Å². The molecule has 0 saturated carbocycles. The topological polar surface area (TPSA) is 58.4 Å². The van der Waals surface area contributed by atoms with Crippen molar-refractivity contribution in [3.8, 4) is 0 Å². The molecule has 0 spiro atoms. The first-order valence-electron chi connectivity index (χ1n) is 6.62. The van der Waals surface area contributed by atoms with E-state index in [-0.39, 0.29) is 11.7 Å². The molecule has 1 heterocycles. The van der Waals surface area contributed by atoms with E-state index < -0.39 is 0 Å². The van der Waals surface area contributed by atoms with Crippen molar-refractivity contribution in [1.82, 2.24) is 10.2 Å². The third-order valence-electron chi connectivity index (χ3n) is 3.45. The summed E-state index contributed by atoms with van der Waals surface area (Å²) in [5.41, 5.74) is 6.13. The number of amides is 1. The predicted octanol–water partition coefficient (Wildman–Crippen LogP) is 0.865. The van der Waals surface area contributed by atoms with Gasteiger partial charge in [-0.25, -0.2) is 4.39 Å². The predicted molar refractivity (Wildman–Crippen MR) is 71.9 cm³/mol. The summed E-state index contributed by atoms with van der Waals surface area (Å²) >= 11 is 0. The molecule has 0 aliphatic carbocycles. The van der Waals surface area contributed by atoms with Crippen LogP contribution < -0.4 is 11.1 Å². The fourth-order valence-electron chi connectivity index (χ4n) is 2.42. The van der Waals surface area contributed by atoms with Crippen LogP contribution in [-0.2, 0) is 11.3 Å². The van der Waals surface area contributed by atoms with Crippen LogP contribution in [0.2, 0.25) is 0 Å². The van der Waals surface area contributed by atoms with Crippen LogP contribution in [0.15, 0.2) is 24.3 Å². The molecule has 0 unspecified atom stereocenters. The van der Waals surface area contributed by atoms with Gasteiger partial charge in [-0.3, -0.25) is 9.69 Å². The molecular weight excluding hydrogens is 245 g/mol. The first-order chi connectivity index (χ1) is 9.13. The molecule has 0 bridgehead atoms. The van der Waals surface area contributed by atoms with Crippen molar-refractivity contribution in [3.05, 3.63) is 35.6 Å². The first kappa shape index (κ1) is 14.0. The minimum Gasteiger partial charge on any atom is -0.369 e. The van der Waals surface area contributed by atoms with Crippen molar-refractivity contribution in [2.24, 2.45) is 5.73 Å². The summed E-state index contributed by atoms with van der Waals surface area (Å²) in [6, 6.07) is 7.06. The lowest BCUT2D eigenvalue weighted by molar-refractivity contribution is -0.119. The molecule has 1 saturated heterocycles. The van der Waals surface area contributed by atoms with Gasteiger partial charge in [-0.1, -0.05) is 12.1 Å². The number of hydrogen-bond donors (Lipinski definition) is 2. The van der Waals surface area contributed by atoms with Gasteiger partial charge in [0.25, 0.3) is 0 Å². The third kappa shape index (κ3) is 4.61. The summed E-state index contributed by atoms with van der Waals surface area (Å²) in [5.74, 6) is -0.471. The Labute approximate surface area is 112 Å². The van der Waals surface area contributed by atoms with Crippen LogP contribution in [0.5, 0.6) is 0 Å². The molecule has 0 aromatic heterocycles. The number of nitrogens with zero attached hydrogens (tertiary/aromatic N) is 1. The van der Waals surface area contributed by atoms with Crippen molar-refractivity contribution in [2.75, 3.05) is 19.6 Å². The number of carbonyl (C=O) groups is 1. The van der Waals surface area contributed by atoms with Crippen LogP contribution in [0.25, 0.3) is 0 Å². The average Bonchev–Trinajstić information content (AvgIpc) is 2.37. The highest BCUT2D eigenvalue weighted by Gasteiger charge is 2.19. The number of nitrogens with one attached hydrogen (secondary N) is 1. The van der Waals surface area contributed by atoms with Crippen molar-refractivity contribution in [3.63, 3.8) is 0 Å². The normalized spacial score (nSPS) is 17.5. The smallest absolute Gasteiger partial charge is 0.231 e. The van der Waals surface area contributed by atoms with Gasteiger partial charge in [0, 0.05) is 25.7 Å². The molecule has 0 radical (unpaired) electrons. The molecule has 0 atom stereocenters. The average molecular weight is 265 g/mol. The molecule has 1 amide bonds. The first-order valence-corrected chi connectivity index (χ1v) is 6.62. The highest BCUT2D eigenvalue weighted by molar-refractivity contribution is 5.75. The largest absolute Gasteiger partial charge is 0.369 e. The number of piperidine rings is 1. The van der Waals surface area contributed by atoms with Gasteiger partial charge in [0.1, 0.15) is 5.82 Å². The zero-order chi connectivity index (χ0) is 13.7. The van der Waals surface area contributed by atoms with Gasteiger partial charge in [0.15, 0.2) is 0 Å². The van der Waals surface area contributed by atoms with Crippen molar-refractivity contribution in [2.45, 2.75) is 25.4 Å². The van der Waals surface area contributed by atoms with Gasteiger partial charge in [0.2, 0.25) is 5.91 Å².